The first-order valence-corrected chi connectivity index (χ1v) is 8.94. The fourth-order valence-electron chi connectivity index (χ4n) is 3.35. The van der Waals surface area contributed by atoms with Crippen molar-refractivity contribution in [3.05, 3.63) is 65.6 Å². The van der Waals surface area contributed by atoms with Crippen molar-refractivity contribution in [2.24, 2.45) is 0 Å². The van der Waals surface area contributed by atoms with E-state index in [2.05, 4.69) is 85.7 Å². The Morgan fingerprint density at radius 2 is 1.69 bits per heavy atom. The minimum Gasteiger partial charge on any atom is -0.338 e. The van der Waals surface area contributed by atoms with E-state index in [1.165, 1.54) is 16.7 Å². The van der Waals surface area contributed by atoms with E-state index in [1.54, 1.807) is 0 Å². The molecule has 0 fully saturated rings. The molecule has 2 aromatic heterocycles. The van der Waals surface area contributed by atoms with Gasteiger partial charge in [0.1, 0.15) is 5.52 Å². The van der Waals surface area contributed by atoms with Crippen molar-refractivity contribution in [2.75, 3.05) is 5.32 Å². The number of aryl methyl sites for hydroxylation is 2. The molecule has 0 atom stereocenters. The maximum Gasteiger partial charge on any atom is 0.157 e. The number of anilines is 2. The second-order valence-corrected chi connectivity index (χ2v) is 7.95. The first kappa shape index (κ1) is 16.6. The largest absolute Gasteiger partial charge is 0.338 e. The van der Waals surface area contributed by atoms with Gasteiger partial charge in [0.25, 0.3) is 0 Å². The number of hydrogen-bond donors (Lipinski definition) is 1. The number of nitrogens with one attached hydrogen (secondary N) is 1. The van der Waals surface area contributed by atoms with Crippen LogP contribution in [0.3, 0.4) is 0 Å². The molecule has 2 heterocycles. The molecule has 0 aliphatic rings. The van der Waals surface area contributed by atoms with Gasteiger partial charge in [-0.05, 0) is 48.1 Å². The molecule has 4 heteroatoms. The van der Waals surface area contributed by atoms with Crippen LogP contribution in [0.25, 0.3) is 16.6 Å². The van der Waals surface area contributed by atoms with Crippen LogP contribution in [-0.4, -0.2) is 14.4 Å². The molecule has 0 aliphatic heterocycles. The molecule has 0 spiro atoms. The highest BCUT2D eigenvalue weighted by Crippen LogP contribution is 2.30. The summed E-state index contributed by atoms with van der Waals surface area (Å²) < 4.78 is 2.10. The van der Waals surface area contributed by atoms with Gasteiger partial charge in [-0.1, -0.05) is 45.0 Å². The van der Waals surface area contributed by atoms with Crippen LogP contribution in [0.2, 0.25) is 0 Å². The number of nitrogens with zero attached hydrogens (tertiary/aromatic N) is 3. The number of fused-ring (bicyclic) bond motifs is 3. The molecule has 0 aliphatic carbocycles. The first-order valence-electron chi connectivity index (χ1n) is 8.94. The van der Waals surface area contributed by atoms with Crippen LogP contribution in [0.5, 0.6) is 0 Å². The summed E-state index contributed by atoms with van der Waals surface area (Å²) >= 11 is 0. The standard InChI is InChI=1S/C22H24N4/c1-14-7-6-8-15(2)20(14)25-21-19-12-23-13-26(19)18-10-9-16(22(3,4)5)11-17(18)24-21/h6-13H,1-5H3,(H,24,25). The maximum atomic E-state index is 4.96. The highest BCUT2D eigenvalue weighted by molar-refractivity contribution is 5.86. The molecule has 26 heavy (non-hydrogen) atoms. The molecule has 4 rings (SSSR count). The summed E-state index contributed by atoms with van der Waals surface area (Å²) in [5.41, 5.74) is 7.88. The lowest BCUT2D eigenvalue weighted by Crippen LogP contribution is -2.11. The van der Waals surface area contributed by atoms with Gasteiger partial charge in [0.15, 0.2) is 5.82 Å². The Kier molecular flexibility index (Phi) is 3.72. The van der Waals surface area contributed by atoms with Crippen LogP contribution in [-0.2, 0) is 5.41 Å². The van der Waals surface area contributed by atoms with Crippen molar-refractivity contribution in [2.45, 2.75) is 40.0 Å². The lowest BCUT2D eigenvalue weighted by atomic mass is 9.87. The van der Waals surface area contributed by atoms with Crippen molar-refractivity contribution in [3.8, 4) is 0 Å². The number of hydrogen-bond acceptors (Lipinski definition) is 3. The number of aromatic nitrogens is 3. The topological polar surface area (TPSA) is 42.2 Å². The van der Waals surface area contributed by atoms with Crippen LogP contribution < -0.4 is 5.32 Å². The van der Waals surface area contributed by atoms with Crippen LogP contribution in [0.15, 0.2) is 48.9 Å². The normalized spacial score (nSPS) is 12.0. The summed E-state index contributed by atoms with van der Waals surface area (Å²) in [5, 5.41) is 3.55. The van der Waals surface area contributed by atoms with Gasteiger partial charge in [-0.15, -0.1) is 0 Å². The molecule has 4 aromatic rings. The zero-order valence-electron chi connectivity index (χ0n) is 16.0. The van der Waals surface area contributed by atoms with E-state index in [9.17, 15) is 0 Å². The number of benzene rings is 2. The first-order chi connectivity index (χ1) is 12.3. The van der Waals surface area contributed by atoms with Crippen molar-refractivity contribution in [1.82, 2.24) is 14.4 Å². The molecule has 2 aromatic carbocycles. The van der Waals surface area contributed by atoms with E-state index in [4.69, 9.17) is 4.98 Å². The smallest absolute Gasteiger partial charge is 0.157 e. The Hall–Kier alpha value is -2.88. The van der Waals surface area contributed by atoms with Gasteiger partial charge < -0.3 is 5.32 Å². The Morgan fingerprint density at radius 3 is 2.38 bits per heavy atom. The summed E-state index contributed by atoms with van der Waals surface area (Å²) in [6.07, 6.45) is 3.71. The van der Waals surface area contributed by atoms with Crippen LogP contribution >= 0.6 is 0 Å². The highest BCUT2D eigenvalue weighted by Gasteiger charge is 2.16. The number of para-hydroxylation sites is 1. The molecule has 0 saturated carbocycles. The maximum absolute atomic E-state index is 4.96. The summed E-state index contributed by atoms with van der Waals surface area (Å²) in [6.45, 7) is 10.9. The van der Waals surface area contributed by atoms with Gasteiger partial charge >= 0.3 is 0 Å². The van der Waals surface area contributed by atoms with E-state index in [-0.39, 0.29) is 5.41 Å². The minimum atomic E-state index is 0.0833. The Morgan fingerprint density at radius 1 is 0.962 bits per heavy atom. The molecular weight excluding hydrogens is 320 g/mol. The SMILES string of the molecule is Cc1cccc(C)c1Nc1nc2cc(C(C)(C)C)ccc2n2cncc12. The average molecular weight is 344 g/mol. The van der Waals surface area contributed by atoms with E-state index in [0.717, 1.165) is 28.1 Å². The van der Waals surface area contributed by atoms with Crippen LogP contribution in [0.4, 0.5) is 11.5 Å². The summed E-state index contributed by atoms with van der Waals surface area (Å²) in [7, 11) is 0. The van der Waals surface area contributed by atoms with Gasteiger partial charge in [-0.25, -0.2) is 9.97 Å². The second-order valence-electron chi connectivity index (χ2n) is 7.95. The summed E-state index contributed by atoms with van der Waals surface area (Å²) in [4.78, 5) is 9.31. The van der Waals surface area contributed by atoms with Crippen molar-refractivity contribution in [3.63, 3.8) is 0 Å². The molecule has 4 nitrogen and oxygen atoms in total. The van der Waals surface area contributed by atoms with Crippen molar-refractivity contribution in [1.29, 1.82) is 0 Å². The second kappa shape index (κ2) is 5.84. The molecule has 0 bridgehead atoms. The number of imidazole rings is 1. The minimum absolute atomic E-state index is 0.0833. The molecule has 0 radical (unpaired) electrons. The molecule has 1 N–H and O–H groups in total. The Bertz CT molecular complexity index is 1100. The van der Waals surface area contributed by atoms with Crippen LogP contribution in [0.1, 0.15) is 37.5 Å². The van der Waals surface area contributed by atoms with Crippen molar-refractivity contribution < 1.29 is 0 Å². The zero-order chi connectivity index (χ0) is 18.5. The molecule has 132 valence electrons. The zero-order valence-corrected chi connectivity index (χ0v) is 16.0. The third-order valence-electron chi connectivity index (χ3n) is 4.94. The predicted octanol–water partition coefficient (Wildman–Crippen LogP) is 5.54. The van der Waals surface area contributed by atoms with E-state index in [0.29, 0.717) is 0 Å². The van der Waals surface area contributed by atoms with E-state index < -0.39 is 0 Å². The third kappa shape index (κ3) is 2.71. The van der Waals surface area contributed by atoms with Gasteiger partial charge in [0, 0.05) is 5.69 Å². The quantitative estimate of drug-likeness (QED) is 0.519. The predicted molar refractivity (Wildman–Crippen MR) is 108 cm³/mol. The van der Waals surface area contributed by atoms with Gasteiger partial charge in [-0.2, -0.15) is 0 Å². The van der Waals surface area contributed by atoms with Crippen LogP contribution in [0, 0.1) is 13.8 Å². The Labute approximate surface area is 153 Å². The fourth-order valence-corrected chi connectivity index (χ4v) is 3.35. The molecule has 0 saturated heterocycles. The van der Waals surface area contributed by atoms with Gasteiger partial charge in [0.05, 0.1) is 23.6 Å². The fraction of sp³-hybridized carbons (Fsp3) is 0.273. The Balaban J connectivity index is 1.94. The van der Waals surface area contributed by atoms with E-state index in [1.807, 2.05) is 12.5 Å². The number of rotatable bonds is 2. The van der Waals surface area contributed by atoms with E-state index >= 15 is 0 Å². The van der Waals surface area contributed by atoms with Gasteiger partial charge in [0.2, 0.25) is 0 Å². The molecule has 0 unspecified atom stereocenters. The molecule has 0 amide bonds. The lowest BCUT2D eigenvalue weighted by molar-refractivity contribution is 0.591. The highest BCUT2D eigenvalue weighted by atomic mass is 15.1. The summed E-state index contributed by atoms with van der Waals surface area (Å²) in [6, 6.07) is 12.8. The van der Waals surface area contributed by atoms with Gasteiger partial charge in [-0.3, -0.25) is 4.40 Å². The average Bonchev–Trinajstić information content (AvgIpc) is 3.07. The lowest BCUT2D eigenvalue weighted by Gasteiger charge is -2.20. The third-order valence-corrected chi connectivity index (χ3v) is 4.94. The summed E-state index contributed by atoms with van der Waals surface area (Å²) in [5.74, 6) is 0.832. The van der Waals surface area contributed by atoms with Crippen molar-refractivity contribution >= 4 is 28.1 Å². The molecular formula is C22H24N4. The monoisotopic (exact) mass is 344 g/mol.